The lowest BCUT2D eigenvalue weighted by Gasteiger charge is -2.17. The molecule has 1 atom stereocenters. The Labute approximate surface area is 128 Å². The average molecular weight is 294 g/mol. The Morgan fingerprint density at radius 3 is 2.62 bits per heavy atom. The number of hydrogen-bond donors (Lipinski definition) is 2. The van der Waals surface area contributed by atoms with Crippen LogP contribution in [0.15, 0.2) is 4.99 Å². The highest BCUT2D eigenvalue weighted by Crippen LogP contribution is 2.03. The highest BCUT2D eigenvalue weighted by Gasteiger charge is 2.07. The largest absolute Gasteiger partial charge is 0.357 e. The van der Waals surface area contributed by atoms with Gasteiger partial charge >= 0.3 is 0 Å². The van der Waals surface area contributed by atoms with E-state index in [9.17, 15) is 0 Å². The molecule has 6 heteroatoms. The summed E-state index contributed by atoms with van der Waals surface area (Å²) in [4.78, 5) is 4.60. The zero-order valence-corrected chi connectivity index (χ0v) is 14.1. The van der Waals surface area contributed by atoms with Crippen molar-refractivity contribution in [3.8, 4) is 0 Å². The number of nitrogens with zero attached hydrogens (tertiary/aromatic N) is 4. The van der Waals surface area contributed by atoms with Crippen LogP contribution in [0.25, 0.3) is 0 Å². The van der Waals surface area contributed by atoms with Crippen LogP contribution in [0.5, 0.6) is 0 Å². The first-order valence-electron chi connectivity index (χ1n) is 7.98. The number of hydrogen-bond acceptors (Lipinski definition) is 3. The Balaban J connectivity index is 2.55. The minimum atomic E-state index is 0.426. The van der Waals surface area contributed by atoms with Crippen molar-refractivity contribution < 1.29 is 0 Å². The molecule has 2 N–H and O–H groups in total. The molecule has 120 valence electrons. The van der Waals surface area contributed by atoms with Gasteiger partial charge in [0.15, 0.2) is 11.8 Å². The van der Waals surface area contributed by atoms with Gasteiger partial charge in [-0.1, -0.05) is 26.2 Å². The molecule has 0 bridgehead atoms. The minimum Gasteiger partial charge on any atom is -0.357 e. The van der Waals surface area contributed by atoms with Gasteiger partial charge in [-0.15, -0.1) is 10.2 Å². The molecule has 0 aliphatic carbocycles. The number of guanidine groups is 1. The molecule has 0 saturated heterocycles. The van der Waals surface area contributed by atoms with Crippen LogP contribution >= 0.6 is 0 Å². The third-order valence-electron chi connectivity index (χ3n) is 3.53. The van der Waals surface area contributed by atoms with Crippen molar-refractivity contribution in [2.45, 2.75) is 66.0 Å². The molecule has 0 aliphatic rings. The summed E-state index contributed by atoms with van der Waals surface area (Å²) < 4.78 is 1.97. The van der Waals surface area contributed by atoms with Crippen molar-refractivity contribution in [1.82, 2.24) is 25.4 Å². The Morgan fingerprint density at radius 2 is 2.05 bits per heavy atom. The number of aromatic nitrogens is 3. The van der Waals surface area contributed by atoms with E-state index in [2.05, 4.69) is 46.6 Å². The molecule has 0 fully saturated rings. The molecule has 6 nitrogen and oxygen atoms in total. The summed E-state index contributed by atoms with van der Waals surface area (Å²) in [6, 6.07) is 0.426. The zero-order chi connectivity index (χ0) is 15.7. The van der Waals surface area contributed by atoms with Gasteiger partial charge in [-0.3, -0.25) is 0 Å². The van der Waals surface area contributed by atoms with Gasteiger partial charge in [0.1, 0.15) is 12.4 Å². The maximum Gasteiger partial charge on any atom is 0.191 e. The van der Waals surface area contributed by atoms with Crippen molar-refractivity contribution in [3.63, 3.8) is 0 Å². The van der Waals surface area contributed by atoms with Gasteiger partial charge in [0.2, 0.25) is 0 Å². The van der Waals surface area contributed by atoms with E-state index in [1.165, 1.54) is 25.7 Å². The lowest BCUT2D eigenvalue weighted by molar-refractivity contribution is 0.546. The topological polar surface area (TPSA) is 67.1 Å². The molecule has 0 aliphatic heterocycles. The van der Waals surface area contributed by atoms with Gasteiger partial charge in [-0.25, -0.2) is 4.99 Å². The molecule has 0 saturated carbocycles. The number of rotatable bonds is 8. The van der Waals surface area contributed by atoms with Crippen LogP contribution in [0.4, 0.5) is 0 Å². The van der Waals surface area contributed by atoms with Crippen molar-refractivity contribution in [2.24, 2.45) is 12.0 Å². The first kappa shape index (κ1) is 17.5. The molecule has 1 aromatic rings. The second-order valence-electron chi connectivity index (χ2n) is 5.46. The summed E-state index contributed by atoms with van der Waals surface area (Å²) in [6.07, 6.45) is 4.97. The average Bonchev–Trinajstić information content (AvgIpc) is 2.77. The third-order valence-corrected chi connectivity index (χ3v) is 3.53. The number of unbranched alkanes of at least 4 members (excludes halogenated alkanes) is 2. The summed E-state index contributed by atoms with van der Waals surface area (Å²) in [5.74, 6) is 2.64. The Bertz CT molecular complexity index is 437. The predicted molar refractivity (Wildman–Crippen MR) is 87.3 cm³/mol. The van der Waals surface area contributed by atoms with E-state index in [-0.39, 0.29) is 0 Å². The second-order valence-corrected chi connectivity index (χ2v) is 5.46. The maximum atomic E-state index is 4.60. The summed E-state index contributed by atoms with van der Waals surface area (Å²) in [5, 5.41) is 14.9. The van der Waals surface area contributed by atoms with Gasteiger partial charge in [-0.2, -0.15) is 0 Å². The molecule has 0 radical (unpaired) electrons. The van der Waals surface area contributed by atoms with Crippen LogP contribution in [-0.2, 0) is 13.6 Å². The van der Waals surface area contributed by atoms with Crippen LogP contribution in [-0.4, -0.2) is 33.3 Å². The molecular formula is C15H30N6. The van der Waals surface area contributed by atoms with E-state index in [1.54, 1.807) is 0 Å². The van der Waals surface area contributed by atoms with Gasteiger partial charge in [-0.05, 0) is 27.2 Å². The Hall–Kier alpha value is -1.59. The normalized spacial score (nSPS) is 13.3. The molecule has 0 amide bonds. The van der Waals surface area contributed by atoms with Gasteiger partial charge in [0.05, 0.1) is 0 Å². The van der Waals surface area contributed by atoms with Crippen molar-refractivity contribution in [3.05, 3.63) is 11.6 Å². The number of aliphatic imine (C=N–C) groups is 1. The highest BCUT2D eigenvalue weighted by molar-refractivity contribution is 5.79. The molecule has 1 aromatic heterocycles. The van der Waals surface area contributed by atoms with E-state index < -0.39 is 0 Å². The molecule has 1 heterocycles. The van der Waals surface area contributed by atoms with Gasteiger partial charge < -0.3 is 15.2 Å². The maximum absolute atomic E-state index is 4.60. The zero-order valence-electron chi connectivity index (χ0n) is 14.1. The van der Waals surface area contributed by atoms with Crippen molar-refractivity contribution in [2.75, 3.05) is 6.54 Å². The van der Waals surface area contributed by atoms with Crippen LogP contribution in [0.1, 0.15) is 58.1 Å². The fourth-order valence-corrected chi connectivity index (χ4v) is 2.06. The highest BCUT2D eigenvalue weighted by atomic mass is 15.3. The van der Waals surface area contributed by atoms with Crippen LogP contribution in [0.2, 0.25) is 0 Å². The molecule has 1 rings (SSSR count). The first-order valence-corrected chi connectivity index (χ1v) is 7.98. The Kier molecular flexibility index (Phi) is 7.79. The second kappa shape index (κ2) is 9.37. The lowest BCUT2D eigenvalue weighted by atomic mass is 10.1. The number of aryl methyl sites for hydroxylation is 1. The summed E-state index contributed by atoms with van der Waals surface area (Å²) >= 11 is 0. The minimum absolute atomic E-state index is 0.426. The molecule has 0 spiro atoms. The molecular weight excluding hydrogens is 264 g/mol. The van der Waals surface area contributed by atoms with E-state index in [0.29, 0.717) is 12.6 Å². The Morgan fingerprint density at radius 1 is 1.29 bits per heavy atom. The molecule has 0 aromatic carbocycles. The predicted octanol–water partition coefficient (Wildman–Crippen LogP) is 2.15. The van der Waals surface area contributed by atoms with E-state index in [4.69, 9.17) is 0 Å². The summed E-state index contributed by atoms with van der Waals surface area (Å²) in [5.41, 5.74) is 0. The smallest absolute Gasteiger partial charge is 0.191 e. The number of nitrogens with one attached hydrogen (secondary N) is 2. The fraction of sp³-hybridized carbons (Fsp3) is 0.800. The fourth-order valence-electron chi connectivity index (χ4n) is 2.06. The van der Waals surface area contributed by atoms with Crippen molar-refractivity contribution >= 4 is 5.96 Å². The standard InChI is InChI=1S/C15H30N6/c1-6-8-9-10-12(3)18-15(16-7-2)17-11-14-20-19-13(4)21(14)5/h12H,6-11H2,1-5H3,(H2,16,17,18). The summed E-state index contributed by atoms with van der Waals surface area (Å²) in [6.45, 7) is 9.84. The van der Waals surface area contributed by atoms with Crippen molar-refractivity contribution in [1.29, 1.82) is 0 Å². The van der Waals surface area contributed by atoms with Crippen LogP contribution in [0.3, 0.4) is 0 Å². The monoisotopic (exact) mass is 294 g/mol. The van der Waals surface area contributed by atoms with Crippen LogP contribution in [0, 0.1) is 6.92 Å². The van der Waals surface area contributed by atoms with E-state index in [0.717, 1.165) is 24.2 Å². The molecule has 1 unspecified atom stereocenters. The quantitative estimate of drug-likeness (QED) is 0.438. The SMILES string of the molecule is CCCCCC(C)NC(=NCc1nnc(C)n1C)NCC. The summed E-state index contributed by atoms with van der Waals surface area (Å²) in [7, 11) is 1.97. The van der Waals surface area contributed by atoms with E-state index in [1.807, 2.05) is 18.5 Å². The van der Waals surface area contributed by atoms with Gasteiger partial charge in [0, 0.05) is 19.6 Å². The molecule has 21 heavy (non-hydrogen) atoms. The van der Waals surface area contributed by atoms with Crippen LogP contribution < -0.4 is 10.6 Å². The lowest BCUT2D eigenvalue weighted by Crippen LogP contribution is -2.42. The first-order chi connectivity index (χ1) is 10.1. The van der Waals surface area contributed by atoms with E-state index >= 15 is 0 Å². The third kappa shape index (κ3) is 6.14. The van der Waals surface area contributed by atoms with Gasteiger partial charge in [0.25, 0.3) is 0 Å².